The van der Waals surface area contributed by atoms with Crippen LogP contribution in [-0.4, -0.2) is 18.2 Å². The van der Waals surface area contributed by atoms with Crippen molar-refractivity contribution in [1.29, 1.82) is 0 Å². The quantitative estimate of drug-likeness (QED) is 0.775. The Balaban J connectivity index is 0.00000144. The van der Waals surface area contributed by atoms with Gasteiger partial charge in [-0.15, -0.1) is 15.0 Å². The molecule has 0 saturated carbocycles. The van der Waals surface area contributed by atoms with Gasteiger partial charge in [0.2, 0.25) is 0 Å². The van der Waals surface area contributed by atoms with Crippen molar-refractivity contribution in [3.63, 3.8) is 0 Å². The monoisotopic (exact) mass is 293 g/mol. The van der Waals surface area contributed by atoms with Gasteiger partial charge in [0.1, 0.15) is 4.90 Å². The van der Waals surface area contributed by atoms with E-state index in [9.17, 15) is 8.42 Å². The van der Waals surface area contributed by atoms with E-state index in [0.717, 1.165) is 9.09 Å². The van der Waals surface area contributed by atoms with Gasteiger partial charge in [-0.25, -0.2) is 8.42 Å². The first-order valence-corrected chi connectivity index (χ1v) is 8.23. The van der Waals surface area contributed by atoms with Crippen LogP contribution >= 0.6 is 23.3 Å². The number of hydrogen-bond donors (Lipinski definition) is 0. The van der Waals surface area contributed by atoms with Crippen molar-refractivity contribution in [2.75, 3.05) is 0 Å². The maximum absolute atomic E-state index is 12.2. The molecule has 1 aliphatic rings. The molecular weight excluding hydrogens is 274 g/mol. The van der Waals surface area contributed by atoms with E-state index in [4.69, 9.17) is 0 Å². The minimum Gasteiger partial charge on any atom is -0.206 e. The standard InChI is InChI=1S/C10H15NO2S3.CH4/c1-6(2)8-5-9-10(14-8)15-11(7(3)4)16(9,12)13;/h5-7H,1-4H3;1H4. The Morgan fingerprint density at radius 1 is 1.24 bits per heavy atom. The molecule has 0 saturated heterocycles. The molecule has 6 heteroatoms. The van der Waals surface area contributed by atoms with E-state index < -0.39 is 10.0 Å². The third-order valence-electron chi connectivity index (χ3n) is 2.36. The predicted octanol–water partition coefficient (Wildman–Crippen LogP) is 3.93. The van der Waals surface area contributed by atoms with Gasteiger partial charge in [0.05, 0.1) is 4.21 Å². The van der Waals surface area contributed by atoms with Crippen molar-refractivity contribution in [3.05, 3.63) is 10.9 Å². The van der Waals surface area contributed by atoms with Crippen LogP contribution in [0.3, 0.4) is 0 Å². The average molecular weight is 293 g/mol. The smallest absolute Gasteiger partial charge is 0.206 e. The second-order valence-electron chi connectivity index (χ2n) is 4.40. The summed E-state index contributed by atoms with van der Waals surface area (Å²) < 4.78 is 26.7. The summed E-state index contributed by atoms with van der Waals surface area (Å²) in [4.78, 5) is 1.64. The average Bonchev–Trinajstić information content (AvgIpc) is 2.65. The SMILES string of the molecule is C.CC(C)c1cc2c(s1)SN(C(C)C)S2(=O)=O. The Morgan fingerprint density at radius 3 is 2.24 bits per heavy atom. The van der Waals surface area contributed by atoms with Gasteiger partial charge in [-0.1, -0.05) is 21.3 Å². The molecule has 0 N–H and O–H groups in total. The van der Waals surface area contributed by atoms with Crippen LogP contribution in [0.15, 0.2) is 15.2 Å². The van der Waals surface area contributed by atoms with E-state index >= 15 is 0 Å². The van der Waals surface area contributed by atoms with Crippen LogP contribution < -0.4 is 0 Å². The maximum atomic E-state index is 12.2. The van der Waals surface area contributed by atoms with Gasteiger partial charge in [-0.3, -0.25) is 0 Å². The highest BCUT2D eigenvalue weighted by atomic mass is 32.3. The lowest BCUT2D eigenvalue weighted by atomic mass is 10.2. The van der Waals surface area contributed by atoms with E-state index in [1.165, 1.54) is 15.7 Å². The van der Waals surface area contributed by atoms with Gasteiger partial charge in [0, 0.05) is 10.9 Å². The minimum absolute atomic E-state index is 0. The lowest BCUT2D eigenvalue weighted by Gasteiger charge is -2.17. The molecule has 1 aromatic heterocycles. The largest absolute Gasteiger partial charge is 0.254 e. The number of thiophene rings is 1. The molecule has 17 heavy (non-hydrogen) atoms. The summed E-state index contributed by atoms with van der Waals surface area (Å²) in [5.74, 6) is 0.388. The van der Waals surface area contributed by atoms with Crippen molar-refractivity contribution in [1.82, 2.24) is 3.71 Å². The molecule has 0 aliphatic carbocycles. The highest BCUT2D eigenvalue weighted by Gasteiger charge is 2.39. The molecule has 3 nitrogen and oxygen atoms in total. The Labute approximate surface area is 112 Å². The third-order valence-corrected chi connectivity index (χ3v) is 7.90. The second-order valence-corrected chi connectivity index (χ2v) is 8.74. The van der Waals surface area contributed by atoms with Gasteiger partial charge < -0.3 is 0 Å². The molecule has 0 aromatic carbocycles. The Kier molecular flexibility index (Phi) is 4.34. The normalized spacial score (nSPS) is 18.5. The molecule has 1 aliphatic heterocycles. The summed E-state index contributed by atoms with van der Waals surface area (Å²) in [5, 5.41) is 0. The van der Waals surface area contributed by atoms with Crippen LogP contribution in [0.5, 0.6) is 0 Å². The second kappa shape index (κ2) is 4.91. The van der Waals surface area contributed by atoms with Crippen molar-refractivity contribution in [2.45, 2.75) is 56.2 Å². The first-order valence-electron chi connectivity index (χ1n) is 5.20. The molecule has 98 valence electrons. The maximum Gasteiger partial charge on any atom is 0.254 e. The Morgan fingerprint density at radius 2 is 1.82 bits per heavy atom. The van der Waals surface area contributed by atoms with Crippen LogP contribution in [-0.2, 0) is 10.0 Å². The Bertz CT molecular complexity index is 503. The molecule has 0 amide bonds. The topological polar surface area (TPSA) is 37.4 Å². The summed E-state index contributed by atoms with van der Waals surface area (Å²) in [7, 11) is -3.25. The summed E-state index contributed by atoms with van der Waals surface area (Å²) in [6, 6.07) is 1.83. The van der Waals surface area contributed by atoms with Crippen LogP contribution in [0.2, 0.25) is 0 Å². The van der Waals surface area contributed by atoms with Crippen LogP contribution in [0.4, 0.5) is 0 Å². The minimum atomic E-state index is -3.25. The molecular formula is C11H19NO2S3. The number of fused-ring (bicyclic) bond motifs is 1. The first kappa shape index (κ1) is 15.0. The van der Waals surface area contributed by atoms with Crippen LogP contribution in [0.25, 0.3) is 0 Å². The predicted molar refractivity (Wildman–Crippen MR) is 75.2 cm³/mol. The van der Waals surface area contributed by atoms with E-state index in [1.54, 1.807) is 11.3 Å². The zero-order valence-electron chi connectivity index (χ0n) is 9.72. The van der Waals surface area contributed by atoms with Crippen LogP contribution in [0.1, 0.15) is 45.9 Å². The van der Waals surface area contributed by atoms with E-state index in [0.29, 0.717) is 10.8 Å². The molecule has 1 aromatic rings. The molecule has 0 atom stereocenters. The lowest BCUT2D eigenvalue weighted by molar-refractivity contribution is 0.507. The summed E-state index contributed by atoms with van der Waals surface area (Å²) in [6.07, 6.45) is 0. The zero-order valence-corrected chi connectivity index (χ0v) is 12.2. The first-order chi connectivity index (χ1) is 7.34. The number of sulfonamides is 1. The molecule has 2 heterocycles. The highest BCUT2D eigenvalue weighted by Crippen LogP contribution is 2.48. The van der Waals surface area contributed by atoms with Gasteiger partial charge in [-0.2, -0.15) is 0 Å². The van der Waals surface area contributed by atoms with E-state index in [2.05, 4.69) is 13.8 Å². The summed E-state index contributed by atoms with van der Waals surface area (Å²) in [5.41, 5.74) is 0. The molecule has 0 unspecified atom stereocenters. The molecule has 0 spiro atoms. The van der Waals surface area contributed by atoms with Gasteiger partial charge >= 0.3 is 0 Å². The van der Waals surface area contributed by atoms with Gasteiger partial charge in [-0.05, 0) is 37.8 Å². The van der Waals surface area contributed by atoms with E-state index in [-0.39, 0.29) is 13.5 Å². The lowest BCUT2D eigenvalue weighted by Crippen LogP contribution is -2.26. The fourth-order valence-electron chi connectivity index (χ4n) is 1.51. The van der Waals surface area contributed by atoms with Crippen molar-refractivity contribution in [2.24, 2.45) is 0 Å². The molecule has 0 bridgehead atoms. The fraction of sp³-hybridized carbons (Fsp3) is 0.636. The summed E-state index contributed by atoms with van der Waals surface area (Å²) in [6.45, 7) is 7.95. The highest BCUT2D eigenvalue weighted by molar-refractivity contribution is 8.12. The van der Waals surface area contributed by atoms with Gasteiger partial charge in [0.25, 0.3) is 10.0 Å². The third kappa shape index (κ3) is 2.41. The van der Waals surface area contributed by atoms with Crippen molar-refractivity contribution >= 4 is 33.3 Å². The van der Waals surface area contributed by atoms with Crippen LogP contribution in [0, 0.1) is 0 Å². The fourth-order valence-corrected chi connectivity index (χ4v) is 6.68. The number of nitrogens with zero attached hydrogens (tertiary/aromatic N) is 1. The van der Waals surface area contributed by atoms with E-state index in [1.807, 2.05) is 19.9 Å². The zero-order chi connectivity index (χ0) is 12.1. The molecule has 0 radical (unpaired) electrons. The van der Waals surface area contributed by atoms with Crippen molar-refractivity contribution in [3.8, 4) is 0 Å². The van der Waals surface area contributed by atoms with Gasteiger partial charge in [0.15, 0.2) is 0 Å². The van der Waals surface area contributed by atoms with Crippen molar-refractivity contribution < 1.29 is 8.42 Å². The number of hydrogen-bond acceptors (Lipinski definition) is 4. The Hall–Kier alpha value is -0.0400. The molecule has 2 rings (SSSR count). The molecule has 0 fully saturated rings. The number of rotatable bonds is 2. The summed E-state index contributed by atoms with van der Waals surface area (Å²) >= 11 is 2.95.